The molecular formula is C18H24N2O10. The molecule has 0 aliphatic carbocycles. The average Bonchev–Trinajstić information content (AvgIpc) is 2.62. The fourth-order valence-corrected chi connectivity index (χ4v) is 2.50. The van der Waals surface area contributed by atoms with Crippen molar-refractivity contribution in [2.24, 2.45) is 0 Å². The second-order valence-electron chi connectivity index (χ2n) is 6.07. The topological polar surface area (TPSA) is 174 Å². The maximum Gasteiger partial charge on any atom is 0.323 e. The quantitative estimate of drug-likeness (QED) is 0.250. The molecule has 0 saturated carbocycles. The van der Waals surface area contributed by atoms with Gasteiger partial charge in [-0.15, -0.1) is 0 Å². The van der Waals surface area contributed by atoms with Gasteiger partial charge in [-0.05, 0) is 12.1 Å². The molecule has 0 aliphatic heterocycles. The highest BCUT2D eigenvalue weighted by Gasteiger charge is 2.18. The number of carbonyl (C=O) groups is 4. The fourth-order valence-electron chi connectivity index (χ4n) is 2.50. The molecule has 12 nitrogen and oxygen atoms in total. The van der Waals surface area contributed by atoms with Crippen LogP contribution < -0.4 is 9.64 Å². The van der Waals surface area contributed by atoms with Crippen LogP contribution in [0.2, 0.25) is 0 Å². The van der Waals surface area contributed by atoms with Crippen molar-refractivity contribution < 1.29 is 49.1 Å². The molecule has 1 aromatic carbocycles. The first-order valence-electron chi connectivity index (χ1n) is 8.83. The Labute approximate surface area is 171 Å². The minimum atomic E-state index is -1.19. The number of aliphatic carboxylic acids is 4. The number of ether oxygens (including phenoxy) is 2. The Kier molecular flexibility index (Phi) is 10.6. The summed E-state index contributed by atoms with van der Waals surface area (Å²) in [6.45, 7) is -1.57. The molecule has 1 rings (SSSR count). The first-order valence-corrected chi connectivity index (χ1v) is 8.83. The van der Waals surface area contributed by atoms with Gasteiger partial charge in [-0.3, -0.25) is 24.1 Å². The molecule has 0 amide bonds. The lowest BCUT2D eigenvalue weighted by Gasteiger charge is -2.23. The second kappa shape index (κ2) is 13.0. The number of para-hydroxylation sites is 2. The van der Waals surface area contributed by atoms with Crippen LogP contribution in [-0.4, -0.2) is 102 Å². The standard InChI is InChI=1S/C18H24N2O10/c21-15(22)9-19(10-16(23)24)5-6-29-7-8-30-14-4-2-1-3-13(14)20(11-17(25)26)12-18(27)28/h1-4H,5-12H2,(H,21,22)(H,23,24)(H,25,26)(H,27,28). The SMILES string of the molecule is O=C(O)CN(CCOCCOc1ccccc1N(CC(=O)O)CC(=O)O)CC(=O)O. The third kappa shape index (κ3) is 10.2. The largest absolute Gasteiger partial charge is 0.489 e. The Hall–Kier alpha value is -3.38. The predicted molar refractivity (Wildman–Crippen MR) is 102 cm³/mol. The van der Waals surface area contributed by atoms with E-state index in [2.05, 4.69) is 0 Å². The van der Waals surface area contributed by atoms with Gasteiger partial charge in [0, 0.05) is 6.54 Å². The smallest absolute Gasteiger partial charge is 0.323 e. The van der Waals surface area contributed by atoms with Gasteiger partial charge in [0.05, 0.1) is 32.0 Å². The van der Waals surface area contributed by atoms with Crippen LogP contribution in [0.25, 0.3) is 0 Å². The molecule has 12 heteroatoms. The second-order valence-corrected chi connectivity index (χ2v) is 6.07. The first kappa shape index (κ1) is 24.7. The minimum Gasteiger partial charge on any atom is -0.489 e. The van der Waals surface area contributed by atoms with Crippen LogP contribution in [-0.2, 0) is 23.9 Å². The van der Waals surface area contributed by atoms with Crippen LogP contribution in [0.3, 0.4) is 0 Å². The van der Waals surface area contributed by atoms with Gasteiger partial charge in [-0.1, -0.05) is 12.1 Å². The van der Waals surface area contributed by atoms with Gasteiger partial charge in [-0.2, -0.15) is 0 Å². The van der Waals surface area contributed by atoms with Crippen LogP contribution in [0.5, 0.6) is 5.75 Å². The zero-order valence-corrected chi connectivity index (χ0v) is 16.1. The van der Waals surface area contributed by atoms with Gasteiger partial charge >= 0.3 is 23.9 Å². The van der Waals surface area contributed by atoms with Crippen molar-refractivity contribution in [2.45, 2.75) is 0 Å². The molecule has 0 unspecified atom stereocenters. The monoisotopic (exact) mass is 428 g/mol. The van der Waals surface area contributed by atoms with Crippen LogP contribution in [0.1, 0.15) is 0 Å². The van der Waals surface area contributed by atoms with Crippen molar-refractivity contribution in [3.05, 3.63) is 24.3 Å². The van der Waals surface area contributed by atoms with E-state index in [0.29, 0.717) is 5.69 Å². The number of hydrogen-bond acceptors (Lipinski definition) is 8. The summed E-state index contributed by atoms with van der Waals surface area (Å²) in [6, 6.07) is 6.37. The molecule has 0 heterocycles. The van der Waals surface area contributed by atoms with Gasteiger partial charge < -0.3 is 34.8 Å². The zero-order valence-electron chi connectivity index (χ0n) is 16.1. The van der Waals surface area contributed by atoms with Crippen LogP contribution in [0.4, 0.5) is 5.69 Å². The van der Waals surface area contributed by atoms with Gasteiger partial charge in [0.25, 0.3) is 0 Å². The van der Waals surface area contributed by atoms with Gasteiger partial charge in [-0.25, -0.2) is 0 Å². The summed E-state index contributed by atoms with van der Waals surface area (Å²) in [5.74, 6) is -4.41. The Balaban J connectivity index is 2.55. The van der Waals surface area contributed by atoms with Crippen LogP contribution in [0.15, 0.2) is 24.3 Å². The lowest BCUT2D eigenvalue weighted by Crippen LogP contribution is -2.37. The maximum absolute atomic E-state index is 11.0. The number of nitrogens with zero attached hydrogens (tertiary/aromatic N) is 2. The highest BCUT2D eigenvalue weighted by Crippen LogP contribution is 2.27. The van der Waals surface area contributed by atoms with E-state index in [1.807, 2.05) is 0 Å². The molecule has 166 valence electrons. The predicted octanol–water partition coefficient (Wildman–Crippen LogP) is -0.471. The molecule has 0 bridgehead atoms. The molecule has 4 N–H and O–H groups in total. The van der Waals surface area contributed by atoms with Crippen molar-refractivity contribution in [3.63, 3.8) is 0 Å². The molecular weight excluding hydrogens is 404 g/mol. The van der Waals surface area contributed by atoms with E-state index in [9.17, 15) is 19.2 Å². The van der Waals surface area contributed by atoms with E-state index in [0.717, 1.165) is 4.90 Å². The summed E-state index contributed by atoms with van der Waals surface area (Å²) in [7, 11) is 0. The van der Waals surface area contributed by atoms with Gasteiger partial charge in [0.2, 0.25) is 0 Å². The number of anilines is 1. The van der Waals surface area contributed by atoms with E-state index in [-0.39, 0.29) is 32.1 Å². The van der Waals surface area contributed by atoms with E-state index in [1.54, 1.807) is 18.2 Å². The molecule has 0 radical (unpaired) electrons. The van der Waals surface area contributed by atoms with E-state index < -0.39 is 50.1 Å². The summed E-state index contributed by atoms with van der Waals surface area (Å²) < 4.78 is 10.9. The summed E-state index contributed by atoms with van der Waals surface area (Å²) in [5, 5.41) is 35.5. The van der Waals surface area contributed by atoms with Gasteiger partial charge in [0.1, 0.15) is 25.4 Å². The number of rotatable bonds is 16. The maximum atomic E-state index is 11.0. The Morgan fingerprint density at radius 3 is 1.80 bits per heavy atom. The lowest BCUT2D eigenvalue weighted by atomic mass is 10.2. The Morgan fingerprint density at radius 1 is 0.733 bits per heavy atom. The number of hydrogen-bond donors (Lipinski definition) is 4. The molecule has 30 heavy (non-hydrogen) atoms. The van der Waals surface area contributed by atoms with Crippen molar-refractivity contribution in [1.29, 1.82) is 0 Å². The van der Waals surface area contributed by atoms with Crippen LogP contribution in [0, 0.1) is 0 Å². The molecule has 0 saturated heterocycles. The number of carboxylic acid groups (broad SMARTS) is 4. The molecule has 0 aromatic heterocycles. The van der Waals surface area contributed by atoms with Gasteiger partial charge in [0.15, 0.2) is 0 Å². The van der Waals surface area contributed by atoms with E-state index in [4.69, 9.17) is 29.9 Å². The zero-order chi connectivity index (χ0) is 22.5. The molecule has 1 aromatic rings. The molecule has 0 atom stereocenters. The van der Waals surface area contributed by atoms with Crippen molar-refractivity contribution in [1.82, 2.24) is 4.90 Å². The lowest BCUT2D eigenvalue weighted by molar-refractivity contribution is -0.142. The summed E-state index contributed by atoms with van der Waals surface area (Å²) in [5.41, 5.74) is 0.302. The summed E-state index contributed by atoms with van der Waals surface area (Å²) in [4.78, 5) is 45.9. The van der Waals surface area contributed by atoms with E-state index >= 15 is 0 Å². The van der Waals surface area contributed by atoms with Crippen molar-refractivity contribution in [3.8, 4) is 5.75 Å². The van der Waals surface area contributed by atoms with Crippen molar-refractivity contribution >= 4 is 29.6 Å². The number of benzene rings is 1. The summed E-state index contributed by atoms with van der Waals surface area (Å²) >= 11 is 0. The van der Waals surface area contributed by atoms with E-state index in [1.165, 1.54) is 11.0 Å². The Bertz CT molecular complexity index is 707. The third-order valence-corrected chi connectivity index (χ3v) is 3.61. The summed E-state index contributed by atoms with van der Waals surface area (Å²) in [6.07, 6.45) is 0. The first-order chi connectivity index (χ1) is 14.2. The Morgan fingerprint density at radius 2 is 1.27 bits per heavy atom. The minimum absolute atomic E-state index is 0.0584. The third-order valence-electron chi connectivity index (χ3n) is 3.61. The normalized spacial score (nSPS) is 10.6. The molecule has 0 spiro atoms. The number of carboxylic acids is 4. The fraction of sp³-hybridized carbons (Fsp3) is 0.444. The highest BCUT2D eigenvalue weighted by molar-refractivity contribution is 5.80. The van der Waals surface area contributed by atoms with Crippen LogP contribution >= 0.6 is 0 Å². The molecule has 0 aliphatic rings. The average molecular weight is 428 g/mol. The molecule has 0 fully saturated rings. The highest BCUT2D eigenvalue weighted by atomic mass is 16.5. The van der Waals surface area contributed by atoms with Crippen molar-refractivity contribution in [2.75, 3.05) is 57.4 Å².